The molecule has 0 aromatic carbocycles. The Bertz CT molecular complexity index is 426. The van der Waals surface area contributed by atoms with Crippen molar-refractivity contribution in [1.29, 1.82) is 0 Å². The summed E-state index contributed by atoms with van der Waals surface area (Å²) in [6, 6.07) is 2.44. The van der Waals surface area contributed by atoms with Crippen molar-refractivity contribution in [2.24, 2.45) is 5.73 Å². The normalized spacial score (nSPS) is 25.9. The van der Waals surface area contributed by atoms with Crippen LogP contribution in [0.4, 0.5) is 0 Å². The van der Waals surface area contributed by atoms with Crippen molar-refractivity contribution in [3.05, 3.63) is 18.0 Å². The summed E-state index contributed by atoms with van der Waals surface area (Å²) in [5.41, 5.74) is 5.92. The minimum absolute atomic E-state index is 0.0475. The van der Waals surface area contributed by atoms with Gasteiger partial charge in [-0.25, -0.2) is 0 Å². The fraction of sp³-hybridized carbons (Fsp3) is 0.692. The van der Waals surface area contributed by atoms with E-state index in [1.54, 1.807) is 6.07 Å². The van der Waals surface area contributed by atoms with Gasteiger partial charge in [0.15, 0.2) is 0 Å². The predicted molar refractivity (Wildman–Crippen MR) is 69.6 cm³/mol. The van der Waals surface area contributed by atoms with Crippen LogP contribution < -0.4 is 5.73 Å². The van der Waals surface area contributed by atoms with E-state index in [9.17, 15) is 4.79 Å². The molecule has 2 N–H and O–H groups in total. The number of likely N-dealkylation sites (tertiary alicyclic amines) is 2. The van der Waals surface area contributed by atoms with Gasteiger partial charge in [0, 0.05) is 31.2 Å². The highest BCUT2D eigenvalue weighted by Crippen LogP contribution is 2.21. The van der Waals surface area contributed by atoms with Crippen LogP contribution in [0, 0.1) is 0 Å². The molecule has 0 radical (unpaired) electrons. The third kappa shape index (κ3) is 2.64. The molecule has 2 saturated heterocycles. The summed E-state index contributed by atoms with van der Waals surface area (Å²) in [7, 11) is 0. The number of carbonyl (C=O) groups is 1. The number of nitrogens with zero attached hydrogens (tertiary/aromatic N) is 3. The lowest BCUT2D eigenvalue weighted by molar-refractivity contribution is 0.0728. The zero-order chi connectivity index (χ0) is 13.2. The zero-order valence-corrected chi connectivity index (χ0v) is 11.0. The summed E-state index contributed by atoms with van der Waals surface area (Å²) in [4.78, 5) is 16.5. The summed E-state index contributed by atoms with van der Waals surface area (Å²) in [6.45, 7) is 3.69. The molecule has 6 heteroatoms. The fourth-order valence-corrected chi connectivity index (χ4v) is 2.99. The molecular formula is C13H20N4O2. The molecule has 3 rings (SSSR count). The van der Waals surface area contributed by atoms with Crippen LogP contribution >= 0.6 is 0 Å². The highest BCUT2D eigenvalue weighted by atomic mass is 16.5. The number of aromatic nitrogens is 1. The first-order valence-electron chi connectivity index (χ1n) is 6.93. The second kappa shape index (κ2) is 5.30. The van der Waals surface area contributed by atoms with E-state index >= 15 is 0 Å². The van der Waals surface area contributed by atoms with E-state index in [0.717, 1.165) is 45.4 Å². The fourth-order valence-electron chi connectivity index (χ4n) is 2.99. The first kappa shape index (κ1) is 12.6. The third-order valence-electron chi connectivity index (χ3n) is 4.19. The van der Waals surface area contributed by atoms with Crippen molar-refractivity contribution in [1.82, 2.24) is 15.0 Å². The van der Waals surface area contributed by atoms with Crippen LogP contribution in [0.3, 0.4) is 0 Å². The minimum atomic E-state index is -0.0475. The molecule has 1 atom stereocenters. The number of nitrogens with two attached hydrogens (primary N) is 1. The molecule has 2 aliphatic heterocycles. The van der Waals surface area contributed by atoms with Crippen LogP contribution in [-0.2, 0) is 0 Å². The van der Waals surface area contributed by atoms with Crippen molar-refractivity contribution in [3.63, 3.8) is 0 Å². The Balaban J connectivity index is 1.57. The average Bonchev–Trinajstić information content (AvgIpc) is 3.10. The van der Waals surface area contributed by atoms with Crippen LogP contribution in [0.15, 0.2) is 16.8 Å². The molecule has 0 spiro atoms. The highest BCUT2D eigenvalue weighted by molar-refractivity contribution is 5.91. The average molecular weight is 264 g/mol. The van der Waals surface area contributed by atoms with E-state index in [0.29, 0.717) is 17.8 Å². The number of piperidine rings is 1. The maximum Gasteiger partial charge on any atom is 0.292 e. The van der Waals surface area contributed by atoms with Gasteiger partial charge >= 0.3 is 0 Å². The molecule has 2 aliphatic rings. The number of hydrogen-bond acceptors (Lipinski definition) is 5. The number of amides is 1. The first-order chi connectivity index (χ1) is 9.24. The van der Waals surface area contributed by atoms with Gasteiger partial charge in [0.1, 0.15) is 0 Å². The molecule has 104 valence electrons. The van der Waals surface area contributed by atoms with Crippen LogP contribution in [0.5, 0.6) is 0 Å². The molecule has 1 amide bonds. The minimum Gasteiger partial charge on any atom is -0.351 e. The topological polar surface area (TPSA) is 75.6 Å². The van der Waals surface area contributed by atoms with Gasteiger partial charge in [-0.3, -0.25) is 9.69 Å². The number of hydrogen-bond donors (Lipinski definition) is 1. The van der Waals surface area contributed by atoms with Crippen LogP contribution in [0.2, 0.25) is 0 Å². The summed E-state index contributed by atoms with van der Waals surface area (Å²) < 4.78 is 4.93. The summed E-state index contributed by atoms with van der Waals surface area (Å²) in [5.74, 6) is 0.287. The predicted octanol–water partition coefficient (Wildman–Crippen LogP) is 0.312. The van der Waals surface area contributed by atoms with E-state index in [2.05, 4.69) is 10.1 Å². The molecule has 0 bridgehead atoms. The Kier molecular flexibility index (Phi) is 3.52. The molecule has 6 nitrogen and oxygen atoms in total. The smallest absolute Gasteiger partial charge is 0.292 e. The molecule has 3 heterocycles. The Labute approximate surface area is 112 Å². The SMILES string of the molecule is NC1CCN(C2CCN(C(=O)c3ccno3)C2)CC1. The van der Waals surface area contributed by atoms with Crippen molar-refractivity contribution < 1.29 is 9.32 Å². The lowest BCUT2D eigenvalue weighted by Crippen LogP contribution is -2.46. The largest absolute Gasteiger partial charge is 0.351 e. The monoisotopic (exact) mass is 264 g/mol. The Hall–Kier alpha value is -1.40. The maximum absolute atomic E-state index is 12.1. The standard InChI is InChI=1S/C13H20N4O2/c14-10-2-6-16(7-3-10)11-4-8-17(9-11)13(18)12-1-5-15-19-12/h1,5,10-11H,2-4,6-9,14H2. The number of carbonyl (C=O) groups excluding carboxylic acids is 1. The second-order valence-corrected chi connectivity index (χ2v) is 5.44. The van der Waals surface area contributed by atoms with Crippen LogP contribution in [0.25, 0.3) is 0 Å². The lowest BCUT2D eigenvalue weighted by atomic mass is 10.0. The summed E-state index contributed by atoms with van der Waals surface area (Å²) in [6.07, 6.45) is 4.67. The molecular weight excluding hydrogens is 244 g/mol. The maximum atomic E-state index is 12.1. The van der Waals surface area contributed by atoms with Gasteiger partial charge < -0.3 is 15.2 Å². The van der Waals surface area contributed by atoms with E-state index in [4.69, 9.17) is 10.3 Å². The van der Waals surface area contributed by atoms with Crippen molar-refractivity contribution >= 4 is 5.91 Å². The van der Waals surface area contributed by atoms with Crippen molar-refractivity contribution in [2.45, 2.75) is 31.3 Å². The lowest BCUT2D eigenvalue weighted by Gasteiger charge is -2.34. The van der Waals surface area contributed by atoms with Crippen molar-refractivity contribution in [2.75, 3.05) is 26.2 Å². The molecule has 0 aliphatic carbocycles. The van der Waals surface area contributed by atoms with E-state index in [1.165, 1.54) is 6.20 Å². The summed E-state index contributed by atoms with van der Waals surface area (Å²) in [5, 5.41) is 3.59. The van der Waals surface area contributed by atoms with Gasteiger partial charge in [-0.2, -0.15) is 0 Å². The molecule has 1 aromatic heterocycles. The third-order valence-corrected chi connectivity index (χ3v) is 4.19. The van der Waals surface area contributed by atoms with Gasteiger partial charge in [0.05, 0.1) is 6.20 Å². The summed E-state index contributed by atoms with van der Waals surface area (Å²) >= 11 is 0. The molecule has 19 heavy (non-hydrogen) atoms. The Morgan fingerprint density at radius 3 is 2.79 bits per heavy atom. The zero-order valence-electron chi connectivity index (χ0n) is 11.0. The Morgan fingerprint density at radius 1 is 1.32 bits per heavy atom. The van der Waals surface area contributed by atoms with E-state index in [-0.39, 0.29) is 5.91 Å². The van der Waals surface area contributed by atoms with Crippen LogP contribution in [0.1, 0.15) is 29.8 Å². The van der Waals surface area contributed by atoms with Gasteiger partial charge in [0.25, 0.3) is 5.91 Å². The second-order valence-electron chi connectivity index (χ2n) is 5.44. The molecule has 1 unspecified atom stereocenters. The molecule has 1 aromatic rings. The van der Waals surface area contributed by atoms with Gasteiger partial charge in [-0.05, 0) is 32.4 Å². The Morgan fingerprint density at radius 2 is 2.11 bits per heavy atom. The quantitative estimate of drug-likeness (QED) is 0.832. The molecule has 2 fully saturated rings. The first-order valence-corrected chi connectivity index (χ1v) is 6.93. The number of rotatable bonds is 2. The van der Waals surface area contributed by atoms with E-state index in [1.807, 2.05) is 4.90 Å². The van der Waals surface area contributed by atoms with Gasteiger partial charge in [-0.15, -0.1) is 0 Å². The van der Waals surface area contributed by atoms with Gasteiger partial charge in [-0.1, -0.05) is 5.16 Å². The highest BCUT2D eigenvalue weighted by Gasteiger charge is 2.33. The molecule has 0 saturated carbocycles. The van der Waals surface area contributed by atoms with Crippen LogP contribution in [-0.4, -0.2) is 59.1 Å². The van der Waals surface area contributed by atoms with Gasteiger partial charge in [0.2, 0.25) is 5.76 Å². The van der Waals surface area contributed by atoms with E-state index < -0.39 is 0 Å². The van der Waals surface area contributed by atoms with Crippen molar-refractivity contribution in [3.8, 4) is 0 Å².